The van der Waals surface area contributed by atoms with E-state index in [9.17, 15) is 0 Å². The van der Waals surface area contributed by atoms with Crippen LogP contribution in [-0.4, -0.2) is 19.2 Å². The van der Waals surface area contributed by atoms with Crippen LogP contribution < -0.4 is 5.32 Å². The molecule has 0 unspecified atom stereocenters. The molecule has 1 N–H and O–H groups in total. The van der Waals surface area contributed by atoms with Gasteiger partial charge in [0.25, 0.3) is 0 Å². The van der Waals surface area contributed by atoms with Crippen LogP contribution in [0.5, 0.6) is 0 Å². The zero-order chi connectivity index (χ0) is 10.4. The van der Waals surface area contributed by atoms with Crippen molar-refractivity contribution in [3.05, 3.63) is 32.8 Å². The van der Waals surface area contributed by atoms with Crippen LogP contribution in [0.2, 0.25) is 5.02 Å². The number of benzene rings is 1. The minimum Gasteiger partial charge on any atom is -0.372 e. The molecule has 5 heteroatoms. The Labute approximate surface area is 114 Å². The molecule has 0 saturated carbocycles. The zero-order valence-electron chi connectivity index (χ0n) is 8.50. The van der Waals surface area contributed by atoms with E-state index in [1.807, 2.05) is 6.07 Å². The van der Waals surface area contributed by atoms with Gasteiger partial charge in [-0.1, -0.05) is 17.7 Å². The van der Waals surface area contributed by atoms with E-state index in [0.29, 0.717) is 18.6 Å². The SMILES string of the molecule is Cl.Clc1ccc2c(c1Br)[C@H]1CNC[C@H]1OC2. The van der Waals surface area contributed by atoms with Gasteiger partial charge in [0, 0.05) is 23.5 Å². The Balaban J connectivity index is 0.000000963. The third kappa shape index (κ3) is 1.89. The molecular weight excluding hydrogens is 313 g/mol. The van der Waals surface area contributed by atoms with E-state index in [1.54, 1.807) is 0 Å². The molecule has 0 spiro atoms. The molecule has 1 fully saturated rings. The highest BCUT2D eigenvalue weighted by Crippen LogP contribution is 2.40. The predicted octanol–water partition coefficient (Wildman–Crippen LogP) is 3.11. The number of nitrogens with one attached hydrogen (secondary N) is 1. The molecular formula is C11H12BrCl2NO. The molecule has 3 rings (SSSR count). The van der Waals surface area contributed by atoms with Gasteiger partial charge in [-0.25, -0.2) is 0 Å². The fourth-order valence-electron chi connectivity index (χ4n) is 2.45. The van der Waals surface area contributed by atoms with Crippen molar-refractivity contribution in [1.29, 1.82) is 0 Å². The summed E-state index contributed by atoms with van der Waals surface area (Å²) in [6.07, 6.45) is 0.312. The highest BCUT2D eigenvalue weighted by atomic mass is 79.9. The lowest BCUT2D eigenvalue weighted by atomic mass is 9.90. The summed E-state index contributed by atoms with van der Waals surface area (Å²) in [6.45, 7) is 2.63. The first-order chi connectivity index (χ1) is 7.27. The van der Waals surface area contributed by atoms with Gasteiger partial charge in [0.2, 0.25) is 0 Å². The minimum atomic E-state index is 0. The maximum absolute atomic E-state index is 6.13. The second-order valence-electron chi connectivity index (χ2n) is 4.05. The molecule has 0 radical (unpaired) electrons. The summed E-state index contributed by atoms with van der Waals surface area (Å²) in [4.78, 5) is 0. The Hall–Kier alpha value is 0.200. The first-order valence-corrected chi connectivity index (χ1v) is 6.23. The van der Waals surface area contributed by atoms with Crippen molar-refractivity contribution in [3.63, 3.8) is 0 Å². The van der Waals surface area contributed by atoms with E-state index in [0.717, 1.165) is 22.6 Å². The van der Waals surface area contributed by atoms with Crippen molar-refractivity contribution in [3.8, 4) is 0 Å². The summed E-state index contributed by atoms with van der Waals surface area (Å²) >= 11 is 9.72. The molecule has 2 atom stereocenters. The quantitative estimate of drug-likeness (QED) is 0.791. The van der Waals surface area contributed by atoms with Crippen LogP contribution in [0.4, 0.5) is 0 Å². The number of hydrogen-bond acceptors (Lipinski definition) is 2. The van der Waals surface area contributed by atoms with E-state index in [-0.39, 0.29) is 12.4 Å². The number of hydrogen-bond donors (Lipinski definition) is 1. The lowest BCUT2D eigenvalue weighted by Crippen LogP contribution is -2.27. The molecule has 2 nitrogen and oxygen atoms in total. The van der Waals surface area contributed by atoms with Gasteiger partial charge in [0.1, 0.15) is 0 Å². The highest BCUT2D eigenvalue weighted by Gasteiger charge is 2.35. The fraction of sp³-hybridized carbons (Fsp3) is 0.455. The Kier molecular flexibility index (Phi) is 3.82. The summed E-state index contributed by atoms with van der Waals surface area (Å²) < 4.78 is 6.84. The predicted molar refractivity (Wildman–Crippen MR) is 70.6 cm³/mol. The van der Waals surface area contributed by atoms with E-state index >= 15 is 0 Å². The lowest BCUT2D eigenvalue weighted by molar-refractivity contribution is 0.0297. The van der Waals surface area contributed by atoms with Crippen LogP contribution in [0, 0.1) is 0 Å². The Bertz CT molecular complexity index is 413. The molecule has 0 bridgehead atoms. The van der Waals surface area contributed by atoms with Gasteiger partial charge in [-0.15, -0.1) is 12.4 Å². The zero-order valence-corrected chi connectivity index (χ0v) is 11.7. The average Bonchev–Trinajstić information content (AvgIpc) is 2.70. The third-order valence-corrected chi connectivity index (χ3v) is 4.60. The molecule has 0 aliphatic carbocycles. The molecule has 0 aromatic heterocycles. The monoisotopic (exact) mass is 323 g/mol. The Morgan fingerprint density at radius 3 is 3.00 bits per heavy atom. The molecule has 2 heterocycles. The van der Waals surface area contributed by atoms with Crippen LogP contribution in [0.25, 0.3) is 0 Å². The summed E-state index contributed by atoms with van der Waals surface area (Å²) in [7, 11) is 0. The van der Waals surface area contributed by atoms with Crippen molar-refractivity contribution in [2.45, 2.75) is 18.6 Å². The van der Waals surface area contributed by atoms with Crippen molar-refractivity contribution in [2.75, 3.05) is 13.1 Å². The molecule has 0 amide bonds. The number of fused-ring (bicyclic) bond motifs is 3. The van der Waals surface area contributed by atoms with Gasteiger partial charge in [-0.2, -0.15) is 0 Å². The van der Waals surface area contributed by atoms with E-state index in [4.69, 9.17) is 16.3 Å². The van der Waals surface area contributed by atoms with Crippen LogP contribution in [0.3, 0.4) is 0 Å². The largest absolute Gasteiger partial charge is 0.372 e. The highest BCUT2D eigenvalue weighted by molar-refractivity contribution is 9.10. The summed E-state index contributed by atoms with van der Waals surface area (Å²) in [5, 5.41) is 4.16. The summed E-state index contributed by atoms with van der Waals surface area (Å²) in [5.41, 5.74) is 2.60. The van der Waals surface area contributed by atoms with E-state index < -0.39 is 0 Å². The lowest BCUT2D eigenvalue weighted by Gasteiger charge is -2.29. The van der Waals surface area contributed by atoms with Crippen molar-refractivity contribution in [2.24, 2.45) is 0 Å². The number of rotatable bonds is 0. The number of ether oxygens (including phenoxy) is 1. The third-order valence-electron chi connectivity index (χ3n) is 3.21. The molecule has 16 heavy (non-hydrogen) atoms. The normalized spacial score (nSPS) is 26.9. The first-order valence-electron chi connectivity index (χ1n) is 5.06. The minimum absolute atomic E-state index is 0. The van der Waals surface area contributed by atoms with Crippen molar-refractivity contribution < 1.29 is 4.74 Å². The van der Waals surface area contributed by atoms with Gasteiger partial charge in [0.15, 0.2) is 0 Å². The van der Waals surface area contributed by atoms with Crippen LogP contribution in [0.15, 0.2) is 16.6 Å². The first kappa shape index (κ1) is 12.7. The van der Waals surface area contributed by atoms with Crippen LogP contribution in [-0.2, 0) is 11.3 Å². The maximum atomic E-state index is 6.13. The molecule has 2 aliphatic heterocycles. The van der Waals surface area contributed by atoms with E-state index in [1.165, 1.54) is 11.1 Å². The van der Waals surface area contributed by atoms with Gasteiger partial charge in [-0.3, -0.25) is 0 Å². The summed E-state index contributed by atoms with van der Waals surface area (Å²) in [6, 6.07) is 3.99. The van der Waals surface area contributed by atoms with Gasteiger partial charge in [0.05, 0.1) is 17.7 Å². The van der Waals surface area contributed by atoms with Crippen molar-refractivity contribution >= 4 is 39.9 Å². The molecule has 1 aromatic carbocycles. The van der Waals surface area contributed by atoms with Gasteiger partial charge < -0.3 is 10.1 Å². The van der Waals surface area contributed by atoms with Crippen molar-refractivity contribution in [1.82, 2.24) is 5.32 Å². The Morgan fingerprint density at radius 2 is 2.19 bits per heavy atom. The molecule has 2 aliphatic rings. The number of halogens is 3. The second kappa shape index (κ2) is 4.83. The topological polar surface area (TPSA) is 21.3 Å². The summed E-state index contributed by atoms with van der Waals surface area (Å²) in [5.74, 6) is 0.446. The standard InChI is InChI=1S/C11H11BrClNO.ClH/c12-11-8(13)2-1-6-5-15-9-4-14-3-7(9)10(6)11;/h1-2,7,9,14H,3-5H2;1H/t7-,9+;/m0./s1. The van der Waals surface area contributed by atoms with E-state index in [2.05, 4.69) is 27.3 Å². The van der Waals surface area contributed by atoms with Gasteiger partial charge in [-0.05, 0) is 33.1 Å². The smallest absolute Gasteiger partial charge is 0.0785 e. The molecule has 1 aromatic rings. The molecule has 88 valence electrons. The Morgan fingerprint density at radius 1 is 1.38 bits per heavy atom. The maximum Gasteiger partial charge on any atom is 0.0785 e. The molecule has 1 saturated heterocycles. The fourth-order valence-corrected chi connectivity index (χ4v) is 3.29. The second-order valence-corrected chi connectivity index (χ2v) is 5.25. The van der Waals surface area contributed by atoms with Crippen LogP contribution >= 0.6 is 39.9 Å². The average molecular weight is 325 g/mol. The van der Waals surface area contributed by atoms with Crippen LogP contribution in [0.1, 0.15) is 17.0 Å². The van der Waals surface area contributed by atoms with Gasteiger partial charge >= 0.3 is 0 Å².